The average Bonchev–Trinajstić information content (AvgIpc) is 3.16. The molecule has 0 aliphatic carbocycles. The summed E-state index contributed by atoms with van der Waals surface area (Å²) in [6.07, 6.45) is -0.302. The number of hydrogen-bond acceptors (Lipinski definition) is 2. The van der Waals surface area contributed by atoms with Gasteiger partial charge in [-0.3, -0.25) is 0 Å². The summed E-state index contributed by atoms with van der Waals surface area (Å²) < 4.78 is 22.4. The zero-order chi connectivity index (χ0) is 23.9. The van der Waals surface area contributed by atoms with Gasteiger partial charge in [-0.2, -0.15) is 0 Å². The lowest BCUT2D eigenvalue weighted by Gasteiger charge is -2.38. The minimum atomic E-state index is -0.374. The number of hydrogen-bond donors (Lipinski definition) is 0. The van der Waals surface area contributed by atoms with Gasteiger partial charge in [0.2, 0.25) is 0 Å². The van der Waals surface area contributed by atoms with Crippen LogP contribution in [0.5, 0.6) is 0 Å². The maximum atomic E-state index is 15.0. The van der Waals surface area contributed by atoms with Crippen molar-refractivity contribution in [3.63, 3.8) is 0 Å². The molecule has 1 aliphatic rings. The molecular formula is C29H22ClFN2O2. The number of nitrogens with zero attached hydrogens (tertiary/aromatic N) is 2. The van der Waals surface area contributed by atoms with E-state index >= 15 is 0 Å². The summed E-state index contributed by atoms with van der Waals surface area (Å²) in [6, 6.07) is 28.7. The molecule has 0 spiro atoms. The van der Waals surface area contributed by atoms with E-state index < -0.39 is 0 Å². The summed E-state index contributed by atoms with van der Waals surface area (Å²) in [7, 11) is 0. The second kappa shape index (κ2) is 8.75. The number of para-hydroxylation sites is 1. The van der Waals surface area contributed by atoms with Crippen LogP contribution in [0.4, 0.5) is 9.18 Å². The van der Waals surface area contributed by atoms with Gasteiger partial charge in [-0.15, -0.1) is 0 Å². The lowest BCUT2D eigenvalue weighted by molar-refractivity contribution is 0.0664. The number of ether oxygens (including phenoxy) is 1. The molecule has 1 aromatic heterocycles. The molecule has 0 bridgehead atoms. The summed E-state index contributed by atoms with van der Waals surface area (Å²) >= 11 is 6.01. The highest BCUT2D eigenvalue weighted by Crippen LogP contribution is 2.36. The zero-order valence-corrected chi connectivity index (χ0v) is 19.6. The third-order valence-electron chi connectivity index (χ3n) is 6.66. The van der Waals surface area contributed by atoms with Gasteiger partial charge in [0.05, 0.1) is 16.7 Å². The Kier molecular flexibility index (Phi) is 5.42. The van der Waals surface area contributed by atoms with E-state index in [0.29, 0.717) is 23.8 Å². The van der Waals surface area contributed by atoms with Crippen molar-refractivity contribution in [2.24, 2.45) is 0 Å². The standard InChI is InChI=1S/C29H22ClFN2O2/c30-22-11-13-27(25(31)15-22)33-26-9-5-4-8-23(26)24-12-10-20(14-28(24)33)21-16-32(17-21)29(34)35-18-19-6-2-1-3-7-19/h1-15,21H,16-18H2. The van der Waals surface area contributed by atoms with Crippen LogP contribution in [0.3, 0.4) is 0 Å². The highest BCUT2D eigenvalue weighted by Gasteiger charge is 2.33. The molecule has 1 saturated heterocycles. The lowest BCUT2D eigenvalue weighted by atomic mass is 9.91. The van der Waals surface area contributed by atoms with E-state index in [9.17, 15) is 9.18 Å². The van der Waals surface area contributed by atoms with Gasteiger partial charge < -0.3 is 14.2 Å². The molecule has 35 heavy (non-hydrogen) atoms. The molecule has 2 heterocycles. The lowest BCUT2D eigenvalue weighted by Crippen LogP contribution is -2.48. The van der Waals surface area contributed by atoms with E-state index in [-0.39, 0.29) is 24.4 Å². The average molecular weight is 485 g/mol. The highest BCUT2D eigenvalue weighted by molar-refractivity contribution is 6.30. The first-order valence-electron chi connectivity index (χ1n) is 11.5. The van der Waals surface area contributed by atoms with Crippen LogP contribution < -0.4 is 0 Å². The van der Waals surface area contributed by atoms with Gasteiger partial charge in [-0.25, -0.2) is 9.18 Å². The third kappa shape index (κ3) is 3.92. The molecule has 6 rings (SSSR count). The van der Waals surface area contributed by atoms with E-state index in [1.165, 1.54) is 6.07 Å². The van der Waals surface area contributed by atoms with Gasteiger partial charge in [0, 0.05) is 34.8 Å². The van der Waals surface area contributed by atoms with E-state index in [1.807, 2.05) is 53.1 Å². The molecule has 4 aromatic carbocycles. The van der Waals surface area contributed by atoms with Crippen LogP contribution in [0.15, 0.2) is 91.0 Å². The Morgan fingerprint density at radius 1 is 0.886 bits per heavy atom. The molecule has 5 aromatic rings. The third-order valence-corrected chi connectivity index (χ3v) is 6.90. The van der Waals surface area contributed by atoms with Crippen LogP contribution in [-0.2, 0) is 11.3 Å². The molecule has 6 heteroatoms. The van der Waals surface area contributed by atoms with Crippen molar-refractivity contribution >= 4 is 39.5 Å². The van der Waals surface area contributed by atoms with Gasteiger partial charge >= 0.3 is 6.09 Å². The number of halogens is 2. The number of fused-ring (bicyclic) bond motifs is 3. The molecule has 0 N–H and O–H groups in total. The fourth-order valence-corrected chi connectivity index (χ4v) is 4.97. The van der Waals surface area contributed by atoms with Crippen molar-refractivity contribution in [1.82, 2.24) is 9.47 Å². The van der Waals surface area contributed by atoms with Crippen LogP contribution in [0.2, 0.25) is 5.02 Å². The fourth-order valence-electron chi connectivity index (χ4n) is 4.81. The number of likely N-dealkylation sites (tertiary alicyclic amines) is 1. The van der Waals surface area contributed by atoms with Crippen molar-refractivity contribution < 1.29 is 13.9 Å². The molecule has 0 unspecified atom stereocenters. The van der Waals surface area contributed by atoms with Crippen molar-refractivity contribution in [2.45, 2.75) is 12.5 Å². The number of rotatable bonds is 4. The Morgan fingerprint density at radius 3 is 2.43 bits per heavy atom. The largest absolute Gasteiger partial charge is 0.445 e. The summed E-state index contributed by atoms with van der Waals surface area (Å²) in [4.78, 5) is 14.2. The first kappa shape index (κ1) is 21.7. The molecule has 0 saturated carbocycles. The molecule has 0 atom stereocenters. The van der Waals surface area contributed by atoms with Crippen molar-refractivity contribution in [2.75, 3.05) is 13.1 Å². The zero-order valence-electron chi connectivity index (χ0n) is 18.8. The first-order chi connectivity index (χ1) is 17.1. The normalized spacial score (nSPS) is 13.8. The number of carbonyl (C=O) groups is 1. The topological polar surface area (TPSA) is 34.5 Å². The minimum absolute atomic E-state index is 0.199. The number of benzene rings is 4. The smallest absolute Gasteiger partial charge is 0.410 e. The number of aromatic nitrogens is 1. The van der Waals surface area contributed by atoms with Gasteiger partial charge in [-0.05, 0) is 41.5 Å². The second-order valence-corrected chi connectivity index (χ2v) is 9.30. The maximum absolute atomic E-state index is 15.0. The Bertz CT molecular complexity index is 1560. The molecule has 1 aliphatic heterocycles. The number of carbonyl (C=O) groups excluding carboxylic acids is 1. The van der Waals surface area contributed by atoms with Crippen molar-refractivity contribution in [3.05, 3.63) is 113 Å². The Labute approximate surface area is 207 Å². The van der Waals surface area contributed by atoms with E-state index in [2.05, 4.69) is 24.3 Å². The van der Waals surface area contributed by atoms with E-state index in [4.69, 9.17) is 16.3 Å². The van der Waals surface area contributed by atoms with Gasteiger partial charge in [0.1, 0.15) is 12.4 Å². The molecule has 174 valence electrons. The predicted octanol–water partition coefficient (Wildman–Crippen LogP) is 7.31. The van der Waals surface area contributed by atoms with Crippen LogP contribution in [0, 0.1) is 5.82 Å². The van der Waals surface area contributed by atoms with Crippen LogP contribution in [0.25, 0.3) is 27.5 Å². The van der Waals surface area contributed by atoms with Gasteiger partial charge in [0.15, 0.2) is 0 Å². The molecule has 1 fully saturated rings. The van der Waals surface area contributed by atoms with Crippen LogP contribution >= 0.6 is 11.6 Å². The summed E-state index contributed by atoms with van der Waals surface area (Å²) in [6.45, 7) is 1.45. The number of amides is 1. The monoisotopic (exact) mass is 484 g/mol. The summed E-state index contributed by atoms with van der Waals surface area (Å²) in [5.41, 5.74) is 4.39. The minimum Gasteiger partial charge on any atom is -0.445 e. The van der Waals surface area contributed by atoms with Gasteiger partial charge in [-0.1, -0.05) is 72.3 Å². The van der Waals surface area contributed by atoms with Crippen molar-refractivity contribution in [3.8, 4) is 5.69 Å². The van der Waals surface area contributed by atoms with E-state index in [0.717, 1.165) is 32.9 Å². The van der Waals surface area contributed by atoms with Crippen LogP contribution in [-0.4, -0.2) is 28.6 Å². The summed E-state index contributed by atoms with van der Waals surface area (Å²) in [5.74, 6) is -0.174. The fraction of sp³-hybridized carbons (Fsp3) is 0.138. The maximum Gasteiger partial charge on any atom is 0.410 e. The Hall–Kier alpha value is -3.83. The Balaban J connectivity index is 1.28. The SMILES string of the molecule is O=C(OCc1ccccc1)N1CC(c2ccc3c4ccccc4n(-c4ccc(Cl)cc4F)c3c2)C1. The molecular weight excluding hydrogens is 463 g/mol. The molecule has 4 nitrogen and oxygen atoms in total. The predicted molar refractivity (Wildman–Crippen MR) is 137 cm³/mol. The molecule has 0 radical (unpaired) electrons. The van der Waals surface area contributed by atoms with Crippen LogP contribution in [0.1, 0.15) is 17.0 Å². The highest BCUT2D eigenvalue weighted by atomic mass is 35.5. The van der Waals surface area contributed by atoms with Gasteiger partial charge in [0.25, 0.3) is 0 Å². The quantitative estimate of drug-likeness (QED) is 0.268. The Morgan fingerprint density at radius 2 is 1.63 bits per heavy atom. The van der Waals surface area contributed by atoms with E-state index in [1.54, 1.807) is 17.0 Å². The molecule has 1 amide bonds. The summed E-state index contributed by atoms with van der Waals surface area (Å²) in [5, 5.41) is 2.47. The second-order valence-electron chi connectivity index (χ2n) is 8.87. The first-order valence-corrected chi connectivity index (χ1v) is 11.9. The van der Waals surface area contributed by atoms with Crippen molar-refractivity contribution in [1.29, 1.82) is 0 Å².